The summed E-state index contributed by atoms with van der Waals surface area (Å²) in [4.78, 5) is 15.9. The zero-order valence-electron chi connectivity index (χ0n) is 13.5. The van der Waals surface area contributed by atoms with Crippen LogP contribution < -0.4 is 4.74 Å². The second-order valence-electron chi connectivity index (χ2n) is 5.37. The zero-order valence-corrected chi connectivity index (χ0v) is 13.5. The molecular weight excluding hydrogens is 328 g/mol. The van der Waals surface area contributed by atoms with Gasteiger partial charge >= 0.3 is 5.97 Å². The molecule has 0 unspecified atom stereocenters. The minimum Gasteiger partial charge on any atom is -0.489 e. The molecule has 3 aromatic rings. The Labute approximate surface area is 143 Å². The third kappa shape index (κ3) is 4.09. The number of aromatic nitrogens is 1. The highest BCUT2D eigenvalue weighted by Crippen LogP contribution is 2.21. The van der Waals surface area contributed by atoms with Crippen LogP contribution in [0.5, 0.6) is 5.75 Å². The van der Waals surface area contributed by atoms with Crippen LogP contribution in [-0.2, 0) is 11.3 Å². The first-order valence-electron chi connectivity index (χ1n) is 7.70. The lowest BCUT2D eigenvalue weighted by Gasteiger charge is -2.08. The van der Waals surface area contributed by atoms with Gasteiger partial charge in [0, 0.05) is 23.7 Å². The van der Waals surface area contributed by atoms with Crippen molar-refractivity contribution in [1.82, 2.24) is 4.98 Å². The van der Waals surface area contributed by atoms with Crippen molar-refractivity contribution in [2.24, 2.45) is 0 Å². The van der Waals surface area contributed by atoms with Crippen molar-refractivity contribution >= 4 is 16.9 Å². The van der Waals surface area contributed by atoms with Crippen LogP contribution >= 0.6 is 0 Å². The summed E-state index contributed by atoms with van der Waals surface area (Å²) < 4.78 is 36.9. The quantitative estimate of drug-likeness (QED) is 0.649. The number of hydrogen-bond donors (Lipinski definition) is 0. The van der Waals surface area contributed by atoms with Crippen molar-refractivity contribution in [2.75, 3.05) is 6.61 Å². The van der Waals surface area contributed by atoms with Crippen LogP contribution in [0, 0.1) is 11.6 Å². The van der Waals surface area contributed by atoms with E-state index in [9.17, 15) is 13.6 Å². The molecule has 2 aromatic carbocycles. The Hall–Kier alpha value is -3.02. The van der Waals surface area contributed by atoms with E-state index in [0.29, 0.717) is 29.0 Å². The van der Waals surface area contributed by atoms with E-state index in [1.165, 1.54) is 18.3 Å². The molecule has 0 saturated heterocycles. The number of rotatable bonds is 5. The fraction of sp³-hybridized carbons (Fsp3) is 0.158. The van der Waals surface area contributed by atoms with Gasteiger partial charge in [-0.25, -0.2) is 13.6 Å². The summed E-state index contributed by atoms with van der Waals surface area (Å²) in [5.74, 6) is -1.21. The first-order valence-corrected chi connectivity index (χ1v) is 7.70. The predicted octanol–water partition coefficient (Wildman–Crippen LogP) is 4.27. The molecule has 1 aromatic heterocycles. The number of pyridine rings is 1. The molecule has 0 aliphatic rings. The predicted molar refractivity (Wildman–Crippen MR) is 88.4 cm³/mol. The molecule has 0 aliphatic heterocycles. The van der Waals surface area contributed by atoms with Crippen LogP contribution in [0.1, 0.15) is 22.8 Å². The third-order valence-electron chi connectivity index (χ3n) is 3.49. The molecule has 6 heteroatoms. The molecule has 0 atom stereocenters. The van der Waals surface area contributed by atoms with Crippen LogP contribution in [0.25, 0.3) is 10.9 Å². The Morgan fingerprint density at radius 1 is 1.08 bits per heavy atom. The highest BCUT2D eigenvalue weighted by atomic mass is 19.1. The minimum absolute atomic E-state index is 0.0289. The zero-order chi connectivity index (χ0) is 17.8. The minimum atomic E-state index is -0.648. The number of benzene rings is 2. The van der Waals surface area contributed by atoms with Gasteiger partial charge < -0.3 is 9.47 Å². The molecular formula is C19H15F2NO3. The van der Waals surface area contributed by atoms with Gasteiger partial charge in [0.15, 0.2) is 0 Å². The van der Waals surface area contributed by atoms with Gasteiger partial charge in [-0.05, 0) is 42.8 Å². The van der Waals surface area contributed by atoms with E-state index in [1.54, 1.807) is 31.2 Å². The number of hydrogen-bond acceptors (Lipinski definition) is 4. The number of ether oxygens (including phenoxy) is 2. The smallest absolute Gasteiger partial charge is 0.339 e. The fourth-order valence-electron chi connectivity index (χ4n) is 2.38. The molecule has 4 nitrogen and oxygen atoms in total. The molecule has 3 rings (SSSR count). The SMILES string of the molecule is CCOC(=O)c1cnc2cc(OCc3cc(F)cc(F)c3)ccc2c1. The summed E-state index contributed by atoms with van der Waals surface area (Å²) in [6.07, 6.45) is 1.44. The second-order valence-corrected chi connectivity index (χ2v) is 5.37. The molecule has 0 saturated carbocycles. The highest BCUT2D eigenvalue weighted by Gasteiger charge is 2.09. The van der Waals surface area contributed by atoms with Gasteiger partial charge in [0.2, 0.25) is 0 Å². The highest BCUT2D eigenvalue weighted by molar-refractivity contribution is 5.93. The first kappa shape index (κ1) is 16.8. The van der Waals surface area contributed by atoms with Gasteiger partial charge in [-0.1, -0.05) is 0 Å². The molecule has 0 bridgehead atoms. The Bertz CT molecular complexity index is 907. The van der Waals surface area contributed by atoms with Gasteiger partial charge in [-0.2, -0.15) is 0 Å². The van der Waals surface area contributed by atoms with Crippen molar-refractivity contribution < 1.29 is 23.0 Å². The van der Waals surface area contributed by atoms with Gasteiger partial charge in [-0.3, -0.25) is 4.98 Å². The van der Waals surface area contributed by atoms with Crippen molar-refractivity contribution in [3.63, 3.8) is 0 Å². The second kappa shape index (κ2) is 7.25. The Balaban J connectivity index is 1.77. The number of carbonyl (C=O) groups excluding carboxylic acids is 1. The molecule has 128 valence electrons. The molecule has 0 spiro atoms. The maximum absolute atomic E-state index is 13.2. The van der Waals surface area contributed by atoms with E-state index < -0.39 is 17.6 Å². The molecule has 0 N–H and O–H groups in total. The lowest BCUT2D eigenvalue weighted by atomic mass is 10.1. The van der Waals surface area contributed by atoms with Crippen LogP contribution in [0.3, 0.4) is 0 Å². The largest absolute Gasteiger partial charge is 0.489 e. The van der Waals surface area contributed by atoms with Crippen LogP contribution in [0.15, 0.2) is 48.7 Å². The van der Waals surface area contributed by atoms with Crippen molar-refractivity contribution in [1.29, 1.82) is 0 Å². The summed E-state index contributed by atoms with van der Waals surface area (Å²) in [6.45, 7) is 2.06. The van der Waals surface area contributed by atoms with Crippen molar-refractivity contribution in [2.45, 2.75) is 13.5 Å². The maximum atomic E-state index is 13.2. The Morgan fingerprint density at radius 3 is 2.56 bits per heavy atom. The molecule has 25 heavy (non-hydrogen) atoms. The monoisotopic (exact) mass is 343 g/mol. The lowest BCUT2D eigenvalue weighted by molar-refractivity contribution is 0.0526. The van der Waals surface area contributed by atoms with Crippen LogP contribution in [0.2, 0.25) is 0 Å². The van der Waals surface area contributed by atoms with Gasteiger partial charge in [0.1, 0.15) is 24.0 Å². The fourth-order valence-corrected chi connectivity index (χ4v) is 2.38. The van der Waals surface area contributed by atoms with Crippen LogP contribution in [0.4, 0.5) is 8.78 Å². The summed E-state index contributed by atoms with van der Waals surface area (Å²) in [5, 5.41) is 0.759. The molecule has 1 heterocycles. The van der Waals surface area contributed by atoms with E-state index in [-0.39, 0.29) is 6.61 Å². The number of carbonyl (C=O) groups is 1. The van der Waals surface area contributed by atoms with Gasteiger partial charge in [-0.15, -0.1) is 0 Å². The van der Waals surface area contributed by atoms with E-state index in [0.717, 1.165) is 11.5 Å². The van der Waals surface area contributed by atoms with Crippen LogP contribution in [-0.4, -0.2) is 17.6 Å². The van der Waals surface area contributed by atoms with E-state index >= 15 is 0 Å². The average Bonchev–Trinajstić information content (AvgIpc) is 2.59. The Morgan fingerprint density at radius 2 is 1.84 bits per heavy atom. The van der Waals surface area contributed by atoms with E-state index in [4.69, 9.17) is 9.47 Å². The number of halogens is 2. The third-order valence-corrected chi connectivity index (χ3v) is 3.49. The lowest BCUT2D eigenvalue weighted by Crippen LogP contribution is -2.05. The number of nitrogens with zero attached hydrogens (tertiary/aromatic N) is 1. The van der Waals surface area contributed by atoms with Gasteiger partial charge in [0.25, 0.3) is 0 Å². The summed E-state index contributed by atoms with van der Waals surface area (Å²) in [7, 11) is 0. The molecule has 0 aliphatic carbocycles. The number of fused-ring (bicyclic) bond motifs is 1. The normalized spacial score (nSPS) is 10.7. The van der Waals surface area contributed by atoms with E-state index in [2.05, 4.69) is 4.98 Å². The van der Waals surface area contributed by atoms with E-state index in [1.807, 2.05) is 0 Å². The first-order chi connectivity index (χ1) is 12.0. The summed E-state index contributed by atoms with van der Waals surface area (Å²) >= 11 is 0. The van der Waals surface area contributed by atoms with Crippen molar-refractivity contribution in [3.8, 4) is 5.75 Å². The number of esters is 1. The van der Waals surface area contributed by atoms with Crippen molar-refractivity contribution in [3.05, 3.63) is 71.4 Å². The molecule has 0 fully saturated rings. The average molecular weight is 343 g/mol. The molecule has 0 amide bonds. The Kier molecular flexibility index (Phi) is 4.88. The standard InChI is InChI=1S/C19H15F2NO3/c1-2-24-19(23)14-7-13-3-4-17(9-18(13)22-10-14)25-11-12-5-15(20)8-16(21)6-12/h3-10H,2,11H2,1H3. The summed E-state index contributed by atoms with van der Waals surface area (Å²) in [5.41, 5.74) is 1.40. The summed E-state index contributed by atoms with van der Waals surface area (Å²) in [6, 6.07) is 10.1. The molecule has 0 radical (unpaired) electrons. The topological polar surface area (TPSA) is 48.4 Å². The van der Waals surface area contributed by atoms with Gasteiger partial charge in [0.05, 0.1) is 17.7 Å². The maximum Gasteiger partial charge on any atom is 0.339 e.